The number of nitrogens with two attached hydrogens (primary N) is 1. The molecule has 8 nitrogen and oxygen atoms in total. The van der Waals surface area contributed by atoms with Crippen LogP contribution in [0.1, 0.15) is 12.8 Å². The molecule has 0 atom stereocenters. The number of rotatable bonds is 3. The van der Waals surface area contributed by atoms with Crippen molar-refractivity contribution < 1.29 is 50.9 Å². The van der Waals surface area contributed by atoms with Crippen molar-refractivity contribution in [1.29, 1.82) is 0 Å². The molecule has 1 rings (SSSR count). The van der Waals surface area contributed by atoms with Crippen LogP contribution in [0.5, 0.6) is 0 Å². The van der Waals surface area contributed by atoms with Gasteiger partial charge in [0, 0.05) is 7.05 Å². The number of carbonyl (C=O) groups is 3. The molecule has 0 saturated carbocycles. The highest BCUT2D eigenvalue weighted by molar-refractivity contribution is 5.77. The van der Waals surface area contributed by atoms with Gasteiger partial charge in [-0.05, 0) is 25.9 Å². The zero-order valence-electron chi connectivity index (χ0n) is 15.3. The summed E-state index contributed by atoms with van der Waals surface area (Å²) in [6, 6.07) is 0. The summed E-state index contributed by atoms with van der Waals surface area (Å²) >= 11 is 0. The van der Waals surface area contributed by atoms with Gasteiger partial charge in [-0.25, -0.2) is 9.59 Å². The number of likely N-dealkylation sites (tertiary alicyclic amines) is 1. The zero-order chi connectivity index (χ0) is 23.3. The third-order valence-corrected chi connectivity index (χ3v) is 3.03. The minimum absolute atomic E-state index is 0.0598. The Morgan fingerprint density at radius 1 is 0.966 bits per heavy atom. The predicted molar refractivity (Wildman–Crippen MR) is 87.5 cm³/mol. The van der Waals surface area contributed by atoms with Crippen molar-refractivity contribution in [2.75, 3.05) is 39.8 Å². The van der Waals surface area contributed by atoms with Gasteiger partial charge in [0.1, 0.15) is 0 Å². The number of halogens is 6. The Morgan fingerprint density at radius 2 is 1.34 bits per heavy atom. The lowest BCUT2D eigenvalue weighted by molar-refractivity contribution is -0.193. The summed E-state index contributed by atoms with van der Waals surface area (Å²) in [7, 11) is 1.72. The second-order valence-corrected chi connectivity index (χ2v) is 5.40. The molecule has 0 aromatic heterocycles. The first-order valence-corrected chi connectivity index (χ1v) is 7.85. The number of amides is 1. The molecule has 29 heavy (non-hydrogen) atoms. The van der Waals surface area contributed by atoms with Crippen LogP contribution in [-0.4, -0.2) is 90.0 Å². The Labute approximate surface area is 162 Å². The van der Waals surface area contributed by atoms with Gasteiger partial charge in [0.25, 0.3) is 0 Å². The molecule has 168 valence electrons. The molecule has 1 heterocycles. The number of hydrogen-bond acceptors (Lipinski definition) is 5. The summed E-state index contributed by atoms with van der Waals surface area (Å²) in [5.74, 6) is 0.485. The van der Waals surface area contributed by atoms with Gasteiger partial charge in [0.05, 0.1) is 19.6 Å². The number of carboxylic acid groups (broad SMARTS) is 2. The molecule has 1 saturated heterocycles. The summed E-state index contributed by atoms with van der Waals surface area (Å²) < 4.78 is 63.5. The molecule has 14 heteroatoms. The fourth-order valence-corrected chi connectivity index (χ4v) is 1.53. The van der Waals surface area contributed by atoms with E-state index in [-0.39, 0.29) is 12.5 Å². The van der Waals surface area contributed by atoms with Gasteiger partial charge in [-0.2, -0.15) is 26.3 Å². The molecular formula is C15H21F6N3O5. The third-order valence-electron chi connectivity index (χ3n) is 3.03. The number of alkyl halides is 6. The van der Waals surface area contributed by atoms with Crippen LogP contribution in [0.25, 0.3) is 0 Å². The van der Waals surface area contributed by atoms with Gasteiger partial charge in [-0.3, -0.25) is 9.69 Å². The van der Waals surface area contributed by atoms with E-state index in [1.165, 1.54) is 12.8 Å². The van der Waals surface area contributed by atoms with Crippen molar-refractivity contribution in [1.82, 2.24) is 9.80 Å². The van der Waals surface area contributed by atoms with Crippen molar-refractivity contribution >= 4 is 17.8 Å². The molecule has 0 spiro atoms. The quantitative estimate of drug-likeness (QED) is 0.440. The number of nitrogens with zero attached hydrogens (tertiary/aromatic N) is 2. The van der Waals surface area contributed by atoms with E-state index in [9.17, 15) is 31.1 Å². The van der Waals surface area contributed by atoms with Crippen molar-refractivity contribution in [2.24, 2.45) is 5.73 Å². The highest BCUT2D eigenvalue weighted by atomic mass is 19.4. The molecule has 1 fully saturated rings. The topological polar surface area (TPSA) is 124 Å². The second-order valence-electron chi connectivity index (χ2n) is 5.40. The van der Waals surface area contributed by atoms with Crippen LogP contribution in [0.4, 0.5) is 26.3 Å². The molecule has 0 radical (unpaired) electrons. The summed E-state index contributed by atoms with van der Waals surface area (Å²) in [6.45, 7) is 3.68. The molecule has 4 N–H and O–H groups in total. The maximum absolute atomic E-state index is 11.1. The first-order valence-electron chi connectivity index (χ1n) is 7.85. The number of carboxylic acids is 2. The summed E-state index contributed by atoms with van der Waals surface area (Å²) in [5.41, 5.74) is 5.23. The third kappa shape index (κ3) is 16.2. The maximum Gasteiger partial charge on any atom is 0.490 e. The first-order chi connectivity index (χ1) is 13.1. The standard InChI is InChI=1S/C11H19N3O.2C2HF3O2/c1-13(11(15)10-12)6-2-3-7-14-8-4-5-9-14;2*3-2(4,5)1(6)7/h4-10,12H2,1H3;2*(H,6,7). The number of likely N-dealkylation sites (N-methyl/N-ethyl adjacent to an activating group) is 1. The number of aliphatic carboxylic acids is 2. The predicted octanol–water partition coefficient (Wildman–Crippen LogP) is 0.769. The Morgan fingerprint density at radius 3 is 1.66 bits per heavy atom. The van der Waals surface area contributed by atoms with Gasteiger partial charge in [0.15, 0.2) is 0 Å². The smallest absolute Gasteiger partial charge is 0.475 e. The van der Waals surface area contributed by atoms with Crippen LogP contribution < -0.4 is 5.73 Å². The molecule has 0 aromatic carbocycles. The Kier molecular flexibility index (Phi) is 13.5. The Hall–Kier alpha value is -2.53. The van der Waals surface area contributed by atoms with Crippen LogP contribution in [0.2, 0.25) is 0 Å². The van der Waals surface area contributed by atoms with Crippen LogP contribution in [0, 0.1) is 11.8 Å². The highest BCUT2D eigenvalue weighted by Gasteiger charge is 2.38. The van der Waals surface area contributed by atoms with Crippen LogP contribution in [-0.2, 0) is 14.4 Å². The molecule has 0 bridgehead atoms. The molecule has 1 amide bonds. The van der Waals surface area contributed by atoms with Crippen LogP contribution in [0.15, 0.2) is 0 Å². The molecule has 0 aliphatic carbocycles. The van der Waals surface area contributed by atoms with E-state index in [0.29, 0.717) is 6.54 Å². The normalized spacial score (nSPS) is 13.7. The van der Waals surface area contributed by atoms with Crippen molar-refractivity contribution in [3.8, 4) is 11.8 Å². The van der Waals surface area contributed by atoms with E-state index >= 15 is 0 Å². The van der Waals surface area contributed by atoms with E-state index in [2.05, 4.69) is 16.7 Å². The highest BCUT2D eigenvalue weighted by Crippen LogP contribution is 2.13. The number of carbonyl (C=O) groups excluding carboxylic acids is 1. The molecule has 0 unspecified atom stereocenters. The monoisotopic (exact) mass is 437 g/mol. The van der Waals surface area contributed by atoms with Crippen LogP contribution >= 0.6 is 0 Å². The summed E-state index contributed by atoms with van der Waals surface area (Å²) in [5, 5.41) is 14.2. The fourth-order valence-electron chi connectivity index (χ4n) is 1.53. The Bertz CT molecular complexity index is 568. The Balaban J connectivity index is 0. The molecule has 1 aliphatic heterocycles. The van der Waals surface area contributed by atoms with Crippen LogP contribution in [0.3, 0.4) is 0 Å². The molecule has 1 aliphatic rings. The molecule has 0 aromatic rings. The lowest BCUT2D eigenvalue weighted by Gasteiger charge is -2.12. The van der Waals surface area contributed by atoms with Gasteiger partial charge < -0.3 is 20.8 Å². The van der Waals surface area contributed by atoms with E-state index in [4.69, 9.17) is 25.5 Å². The van der Waals surface area contributed by atoms with E-state index < -0.39 is 24.3 Å². The zero-order valence-corrected chi connectivity index (χ0v) is 15.3. The lowest BCUT2D eigenvalue weighted by Crippen LogP contribution is -2.32. The van der Waals surface area contributed by atoms with Crippen molar-refractivity contribution in [3.05, 3.63) is 0 Å². The average Bonchev–Trinajstić information content (AvgIpc) is 3.10. The maximum atomic E-state index is 11.1. The van der Waals surface area contributed by atoms with Gasteiger partial charge in [-0.15, -0.1) is 0 Å². The SMILES string of the molecule is CN(CC#CCN1CCCC1)C(=O)CN.O=C(O)C(F)(F)F.O=C(O)C(F)(F)F. The van der Waals surface area contributed by atoms with E-state index in [1.54, 1.807) is 11.9 Å². The minimum Gasteiger partial charge on any atom is -0.475 e. The lowest BCUT2D eigenvalue weighted by atomic mass is 10.4. The van der Waals surface area contributed by atoms with Gasteiger partial charge in [-0.1, -0.05) is 11.8 Å². The summed E-state index contributed by atoms with van der Waals surface area (Å²) in [6.07, 6.45) is -7.60. The average molecular weight is 437 g/mol. The second kappa shape index (κ2) is 13.6. The van der Waals surface area contributed by atoms with E-state index in [0.717, 1.165) is 19.6 Å². The van der Waals surface area contributed by atoms with Crippen molar-refractivity contribution in [2.45, 2.75) is 25.2 Å². The van der Waals surface area contributed by atoms with Crippen molar-refractivity contribution in [3.63, 3.8) is 0 Å². The fraction of sp³-hybridized carbons (Fsp3) is 0.667. The molecular weight excluding hydrogens is 416 g/mol. The first kappa shape index (κ1) is 28.7. The largest absolute Gasteiger partial charge is 0.490 e. The van der Waals surface area contributed by atoms with Gasteiger partial charge in [0.2, 0.25) is 5.91 Å². The van der Waals surface area contributed by atoms with E-state index in [1.807, 2.05) is 0 Å². The number of hydrogen-bond donors (Lipinski definition) is 3. The summed E-state index contributed by atoms with van der Waals surface area (Å²) in [4.78, 5) is 32.8. The minimum atomic E-state index is -5.08. The van der Waals surface area contributed by atoms with Gasteiger partial charge >= 0.3 is 24.3 Å².